The minimum Gasteiger partial charge on any atom is -0.356 e. The summed E-state index contributed by atoms with van der Waals surface area (Å²) in [6, 6.07) is 7.27. The molecule has 1 heterocycles. The number of piperidine rings is 1. The Morgan fingerprint density at radius 1 is 1.11 bits per heavy atom. The molecule has 0 unspecified atom stereocenters. The van der Waals surface area contributed by atoms with Crippen molar-refractivity contribution in [3.63, 3.8) is 0 Å². The van der Waals surface area contributed by atoms with Crippen LogP contribution in [-0.2, 0) is 16.6 Å². The number of nitrogens with one attached hydrogen (secondary N) is 2. The van der Waals surface area contributed by atoms with Crippen molar-refractivity contribution in [3.8, 4) is 0 Å². The van der Waals surface area contributed by atoms with Gasteiger partial charge in [0.05, 0.1) is 4.90 Å². The number of benzene rings is 1. The summed E-state index contributed by atoms with van der Waals surface area (Å²) in [6.07, 6.45) is 6.87. The third kappa shape index (κ3) is 5.80. The van der Waals surface area contributed by atoms with E-state index in [1.807, 2.05) is 12.1 Å². The van der Waals surface area contributed by atoms with Gasteiger partial charge in [0.15, 0.2) is 5.96 Å². The van der Waals surface area contributed by atoms with Crippen molar-refractivity contribution >= 4 is 40.0 Å². The molecule has 1 aliphatic carbocycles. The van der Waals surface area contributed by atoms with Crippen molar-refractivity contribution in [2.75, 3.05) is 26.7 Å². The third-order valence-corrected chi connectivity index (χ3v) is 7.36. The zero-order valence-electron chi connectivity index (χ0n) is 16.0. The molecule has 152 valence electrons. The number of nitrogens with zero attached hydrogens (tertiary/aromatic N) is 2. The molecule has 2 N–H and O–H groups in total. The summed E-state index contributed by atoms with van der Waals surface area (Å²) in [5, 5.41) is 6.60. The first-order valence-corrected chi connectivity index (χ1v) is 11.1. The molecule has 1 aromatic rings. The molecule has 2 aliphatic rings. The van der Waals surface area contributed by atoms with Crippen LogP contribution >= 0.6 is 24.0 Å². The zero-order chi connectivity index (χ0) is 18.4. The molecule has 8 heteroatoms. The third-order valence-electron chi connectivity index (χ3n) is 5.36. The van der Waals surface area contributed by atoms with E-state index in [1.165, 1.54) is 19.3 Å². The first kappa shape index (κ1) is 22.4. The van der Waals surface area contributed by atoms with Crippen LogP contribution in [0.25, 0.3) is 0 Å². The highest BCUT2D eigenvalue weighted by atomic mass is 127. The van der Waals surface area contributed by atoms with Gasteiger partial charge in [-0.2, -0.15) is 4.31 Å². The second-order valence-corrected chi connectivity index (χ2v) is 9.08. The van der Waals surface area contributed by atoms with Gasteiger partial charge in [-0.15, -0.1) is 24.0 Å². The topological polar surface area (TPSA) is 73.8 Å². The smallest absolute Gasteiger partial charge is 0.243 e. The second-order valence-electron chi connectivity index (χ2n) is 7.18. The number of rotatable bonds is 6. The lowest BCUT2D eigenvalue weighted by molar-refractivity contribution is 0.314. The zero-order valence-corrected chi connectivity index (χ0v) is 19.1. The molecule has 0 bridgehead atoms. The van der Waals surface area contributed by atoms with Crippen molar-refractivity contribution in [2.45, 2.75) is 50.0 Å². The Bertz CT molecular complexity index is 729. The molecule has 6 nitrogen and oxygen atoms in total. The molecule has 3 rings (SSSR count). The lowest BCUT2D eigenvalue weighted by Crippen LogP contribution is -2.41. The van der Waals surface area contributed by atoms with E-state index in [-0.39, 0.29) is 24.0 Å². The summed E-state index contributed by atoms with van der Waals surface area (Å²) >= 11 is 0. The Kier molecular flexibility index (Phi) is 8.81. The van der Waals surface area contributed by atoms with Crippen LogP contribution in [0.1, 0.15) is 44.1 Å². The van der Waals surface area contributed by atoms with E-state index in [0.29, 0.717) is 24.5 Å². The number of sulfonamides is 1. The van der Waals surface area contributed by atoms with Crippen molar-refractivity contribution in [3.05, 3.63) is 29.8 Å². The normalized spacial score (nSPS) is 19.1. The summed E-state index contributed by atoms with van der Waals surface area (Å²) in [6.45, 7) is 2.60. The summed E-state index contributed by atoms with van der Waals surface area (Å²) < 4.78 is 27.7. The van der Waals surface area contributed by atoms with Gasteiger partial charge >= 0.3 is 0 Å². The SMILES string of the molecule is CN=C(NCc1ccccc1S(=O)(=O)N1CCCCC1)NCC1CCC1.I. The molecule has 2 fully saturated rings. The molecule has 0 radical (unpaired) electrons. The van der Waals surface area contributed by atoms with Gasteiger partial charge in [-0.1, -0.05) is 31.0 Å². The molecular weight excluding hydrogens is 475 g/mol. The first-order valence-electron chi connectivity index (χ1n) is 9.64. The van der Waals surface area contributed by atoms with Gasteiger partial charge in [-0.05, 0) is 43.2 Å². The van der Waals surface area contributed by atoms with Crippen molar-refractivity contribution < 1.29 is 8.42 Å². The first-order chi connectivity index (χ1) is 12.6. The summed E-state index contributed by atoms with van der Waals surface area (Å²) in [7, 11) is -1.69. The van der Waals surface area contributed by atoms with Crippen LogP contribution in [0, 0.1) is 5.92 Å². The molecule has 1 aliphatic heterocycles. The number of hydrogen-bond acceptors (Lipinski definition) is 3. The van der Waals surface area contributed by atoms with Crippen molar-refractivity contribution in [1.29, 1.82) is 0 Å². The van der Waals surface area contributed by atoms with Gasteiger partial charge < -0.3 is 10.6 Å². The molecular formula is C19H31IN4O2S. The number of halogens is 1. The van der Waals surface area contributed by atoms with Crippen LogP contribution in [0.3, 0.4) is 0 Å². The molecule has 0 spiro atoms. The van der Waals surface area contributed by atoms with Crippen LogP contribution in [0.15, 0.2) is 34.2 Å². The fourth-order valence-corrected chi connectivity index (χ4v) is 5.22. The van der Waals surface area contributed by atoms with E-state index in [0.717, 1.165) is 43.2 Å². The van der Waals surface area contributed by atoms with E-state index in [2.05, 4.69) is 15.6 Å². The quantitative estimate of drug-likeness (QED) is 0.354. The minimum atomic E-state index is -3.43. The summed E-state index contributed by atoms with van der Waals surface area (Å²) in [5.41, 5.74) is 0.782. The number of hydrogen-bond donors (Lipinski definition) is 2. The van der Waals surface area contributed by atoms with E-state index in [4.69, 9.17) is 0 Å². The van der Waals surface area contributed by atoms with Crippen molar-refractivity contribution in [2.24, 2.45) is 10.9 Å². The molecule has 1 saturated heterocycles. The highest BCUT2D eigenvalue weighted by molar-refractivity contribution is 14.0. The minimum absolute atomic E-state index is 0. The molecule has 0 aromatic heterocycles. The summed E-state index contributed by atoms with van der Waals surface area (Å²) in [4.78, 5) is 4.66. The van der Waals surface area contributed by atoms with Gasteiger partial charge in [0.25, 0.3) is 0 Å². The van der Waals surface area contributed by atoms with Gasteiger partial charge in [0, 0.05) is 33.2 Å². The fourth-order valence-electron chi connectivity index (χ4n) is 3.48. The predicted molar refractivity (Wildman–Crippen MR) is 120 cm³/mol. The maximum absolute atomic E-state index is 13.0. The second kappa shape index (κ2) is 10.6. The van der Waals surface area contributed by atoms with Gasteiger partial charge in [0.2, 0.25) is 10.0 Å². The standard InChI is InChI=1S/C19H30N4O2S.HI/c1-20-19(21-14-16-8-7-9-16)22-15-17-10-3-4-11-18(17)26(24,25)23-12-5-2-6-13-23;/h3-4,10-11,16H,2,5-9,12-15H2,1H3,(H2,20,21,22);1H. The van der Waals surface area contributed by atoms with Gasteiger partial charge in [0.1, 0.15) is 0 Å². The fraction of sp³-hybridized carbons (Fsp3) is 0.632. The average molecular weight is 506 g/mol. The Morgan fingerprint density at radius 2 is 1.81 bits per heavy atom. The van der Waals surface area contributed by atoms with E-state index >= 15 is 0 Å². The van der Waals surface area contributed by atoms with Crippen LogP contribution in [0.2, 0.25) is 0 Å². The van der Waals surface area contributed by atoms with Crippen LogP contribution in [0.4, 0.5) is 0 Å². The Hall–Kier alpha value is -0.870. The van der Waals surface area contributed by atoms with Crippen LogP contribution in [0.5, 0.6) is 0 Å². The highest BCUT2D eigenvalue weighted by Gasteiger charge is 2.27. The molecule has 1 aromatic carbocycles. The molecule has 0 amide bonds. The monoisotopic (exact) mass is 506 g/mol. The maximum atomic E-state index is 13.0. The van der Waals surface area contributed by atoms with E-state index in [1.54, 1.807) is 23.5 Å². The number of guanidine groups is 1. The lowest BCUT2D eigenvalue weighted by Gasteiger charge is -2.27. The van der Waals surface area contributed by atoms with Crippen molar-refractivity contribution in [1.82, 2.24) is 14.9 Å². The maximum Gasteiger partial charge on any atom is 0.243 e. The van der Waals surface area contributed by atoms with Crippen LogP contribution < -0.4 is 10.6 Å². The number of aliphatic imine (C=N–C) groups is 1. The van der Waals surface area contributed by atoms with Gasteiger partial charge in [-0.25, -0.2) is 8.42 Å². The van der Waals surface area contributed by atoms with Gasteiger partial charge in [-0.3, -0.25) is 4.99 Å². The van der Waals surface area contributed by atoms with Crippen LogP contribution in [-0.4, -0.2) is 45.4 Å². The highest BCUT2D eigenvalue weighted by Crippen LogP contribution is 2.25. The average Bonchev–Trinajstić information content (AvgIpc) is 2.64. The predicted octanol–water partition coefficient (Wildman–Crippen LogP) is 2.94. The van der Waals surface area contributed by atoms with E-state index < -0.39 is 10.0 Å². The lowest BCUT2D eigenvalue weighted by atomic mass is 9.85. The Balaban J connectivity index is 0.00000261. The summed E-state index contributed by atoms with van der Waals surface area (Å²) in [5.74, 6) is 1.46. The Labute approximate surface area is 180 Å². The van der Waals surface area contributed by atoms with E-state index in [9.17, 15) is 8.42 Å². The molecule has 0 atom stereocenters. The molecule has 27 heavy (non-hydrogen) atoms. The molecule has 1 saturated carbocycles. The largest absolute Gasteiger partial charge is 0.356 e. The Morgan fingerprint density at radius 3 is 2.44 bits per heavy atom.